The number of imidazole rings is 1. The summed E-state index contributed by atoms with van der Waals surface area (Å²) in [6.07, 6.45) is 1.87. The van der Waals surface area contributed by atoms with Crippen molar-refractivity contribution in [3.05, 3.63) is 64.9 Å². The maximum Gasteiger partial charge on any atom is 0.280 e. The summed E-state index contributed by atoms with van der Waals surface area (Å²) in [5.74, 6) is 0.135. The quantitative estimate of drug-likeness (QED) is 0.667. The second kappa shape index (κ2) is 5.92. The van der Waals surface area contributed by atoms with Gasteiger partial charge < -0.3 is 0 Å². The molecule has 2 heterocycles. The van der Waals surface area contributed by atoms with Gasteiger partial charge in [0.15, 0.2) is 0 Å². The highest BCUT2D eigenvalue weighted by Crippen LogP contribution is 2.30. The van der Waals surface area contributed by atoms with Gasteiger partial charge in [0.1, 0.15) is 17.3 Å². The van der Waals surface area contributed by atoms with Crippen molar-refractivity contribution >= 4 is 15.9 Å². The summed E-state index contributed by atoms with van der Waals surface area (Å²) in [7, 11) is 0. The van der Waals surface area contributed by atoms with Gasteiger partial charge in [-0.05, 0) is 46.3 Å². The van der Waals surface area contributed by atoms with E-state index in [-0.39, 0.29) is 11.5 Å². The van der Waals surface area contributed by atoms with Crippen LogP contribution >= 0.6 is 15.9 Å². The van der Waals surface area contributed by atoms with E-state index in [9.17, 15) is 13.2 Å². The van der Waals surface area contributed by atoms with Gasteiger partial charge in [0.2, 0.25) is 0 Å². The molecule has 112 valence electrons. The Hall–Kier alpha value is -2.15. The molecule has 0 aliphatic carbocycles. The first-order valence-corrected chi connectivity index (χ1v) is 7.09. The summed E-state index contributed by atoms with van der Waals surface area (Å²) in [5, 5.41) is 0. The van der Waals surface area contributed by atoms with Crippen LogP contribution < -0.4 is 0 Å². The zero-order valence-corrected chi connectivity index (χ0v) is 12.6. The van der Waals surface area contributed by atoms with Crippen LogP contribution in [-0.4, -0.2) is 14.5 Å². The minimum Gasteiger partial charge on any atom is -0.300 e. The van der Waals surface area contributed by atoms with Crippen LogP contribution in [0.3, 0.4) is 0 Å². The average Bonchev–Trinajstić information content (AvgIpc) is 2.96. The van der Waals surface area contributed by atoms with Crippen LogP contribution in [0.25, 0.3) is 17.1 Å². The summed E-state index contributed by atoms with van der Waals surface area (Å²) in [4.78, 5) is 7.87. The second-order valence-electron chi connectivity index (χ2n) is 4.48. The second-order valence-corrected chi connectivity index (χ2v) is 5.34. The highest BCUT2D eigenvalue weighted by atomic mass is 79.9. The lowest BCUT2D eigenvalue weighted by atomic mass is 10.2. The number of nitrogens with zero attached hydrogens (tertiary/aromatic N) is 3. The molecule has 0 saturated heterocycles. The molecule has 22 heavy (non-hydrogen) atoms. The number of alkyl halides is 2. The summed E-state index contributed by atoms with van der Waals surface area (Å²) >= 11 is 3.29. The van der Waals surface area contributed by atoms with Crippen molar-refractivity contribution < 1.29 is 13.2 Å². The number of hydrogen-bond donors (Lipinski definition) is 0. The van der Waals surface area contributed by atoms with Crippen molar-refractivity contribution in [2.45, 2.75) is 6.43 Å². The van der Waals surface area contributed by atoms with E-state index >= 15 is 0 Å². The van der Waals surface area contributed by atoms with Gasteiger partial charge in [0.25, 0.3) is 6.43 Å². The van der Waals surface area contributed by atoms with Gasteiger partial charge in [-0.15, -0.1) is 0 Å². The number of pyridine rings is 1. The van der Waals surface area contributed by atoms with Crippen molar-refractivity contribution in [2.24, 2.45) is 0 Å². The summed E-state index contributed by atoms with van der Waals surface area (Å²) < 4.78 is 40.9. The third-order valence-corrected chi connectivity index (χ3v) is 3.74. The van der Waals surface area contributed by atoms with Gasteiger partial charge in [-0.25, -0.2) is 18.2 Å². The Bertz CT molecular complexity index is 817. The lowest BCUT2D eigenvalue weighted by Crippen LogP contribution is -1.99. The molecule has 0 atom stereocenters. The van der Waals surface area contributed by atoms with Crippen LogP contribution in [0.5, 0.6) is 0 Å². The van der Waals surface area contributed by atoms with E-state index in [0.29, 0.717) is 21.5 Å². The van der Waals surface area contributed by atoms with Gasteiger partial charge in [0.05, 0.1) is 5.69 Å². The predicted molar refractivity (Wildman–Crippen MR) is 79.4 cm³/mol. The molecule has 1 aromatic carbocycles. The molecule has 3 rings (SSSR count). The van der Waals surface area contributed by atoms with E-state index < -0.39 is 6.43 Å². The Kier molecular flexibility index (Phi) is 3.98. The minimum atomic E-state index is -2.65. The van der Waals surface area contributed by atoms with E-state index in [1.807, 2.05) is 0 Å². The molecule has 0 fully saturated rings. The molecule has 7 heteroatoms. The Labute approximate surface area is 132 Å². The molecule has 0 radical (unpaired) electrons. The molecule has 3 aromatic rings. The third kappa shape index (κ3) is 2.76. The highest BCUT2D eigenvalue weighted by Gasteiger charge is 2.14. The number of hydrogen-bond acceptors (Lipinski definition) is 2. The molecular formula is C15H9BrF3N3. The topological polar surface area (TPSA) is 30.7 Å². The predicted octanol–water partition coefficient (Wildman–Crippen LogP) is 4.77. The van der Waals surface area contributed by atoms with Crippen molar-refractivity contribution in [1.82, 2.24) is 14.5 Å². The maximum absolute atomic E-state index is 13.2. The summed E-state index contributed by atoms with van der Waals surface area (Å²) in [6, 6.07) is 7.12. The Morgan fingerprint density at radius 1 is 1.05 bits per heavy atom. The first-order valence-electron chi connectivity index (χ1n) is 6.29. The van der Waals surface area contributed by atoms with Crippen molar-refractivity contribution in [1.29, 1.82) is 0 Å². The first kappa shape index (κ1) is 14.8. The molecule has 0 saturated carbocycles. The van der Waals surface area contributed by atoms with Gasteiger partial charge >= 0.3 is 0 Å². The number of aromatic nitrogens is 3. The van der Waals surface area contributed by atoms with E-state index in [2.05, 4.69) is 25.9 Å². The molecule has 0 spiro atoms. The standard InChI is InChI=1S/C15H9BrF3N3/c16-12-7-9(17)1-2-11(12)15-21-5-6-22(15)10-3-4-20-13(8-10)14(18)19/h1-8,14H. The largest absolute Gasteiger partial charge is 0.300 e. The van der Waals surface area contributed by atoms with Gasteiger partial charge in [0, 0.05) is 28.6 Å². The average molecular weight is 368 g/mol. The molecule has 0 amide bonds. The van der Waals surface area contributed by atoms with E-state index in [4.69, 9.17) is 0 Å². The van der Waals surface area contributed by atoms with Crippen molar-refractivity contribution in [3.63, 3.8) is 0 Å². The molecule has 0 unspecified atom stereocenters. The zero-order chi connectivity index (χ0) is 15.7. The third-order valence-electron chi connectivity index (χ3n) is 3.08. The fourth-order valence-corrected chi connectivity index (χ4v) is 2.62. The van der Waals surface area contributed by atoms with Crippen molar-refractivity contribution in [3.8, 4) is 17.1 Å². The molecule has 2 aromatic heterocycles. The lowest BCUT2D eigenvalue weighted by molar-refractivity contribution is 0.146. The normalized spacial score (nSPS) is 11.1. The fourth-order valence-electron chi connectivity index (χ4n) is 2.09. The van der Waals surface area contributed by atoms with E-state index in [0.717, 1.165) is 0 Å². The van der Waals surface area contributed by atoms with Crippen LogP contribution in [0.1, 0.15) is 12.1 Å². The SMILES string of the molecule is Fc1ccc(-c2nccn2-c2ccnc(C(F)F)c2)c(Br)c1. The number of halogens is 4. The molecule has 0 aliphatic heterocycles. The van der Waals surface area contributed by atoms with E-state index in [1.54, 1.807) is 29.1 Å². The molecule has 3 nitrogen and oxygen atoms in total. The van der Waals surface area contributed by atoms with Crippen LogP contribution in [0.15, 0.2) is 53.4 Å². The van der Waals surface area contributed by atoms with Gasteiger partial charge in [-0.3, -0.25) is 9.55 Å². The van der Waals surface area contributed by atoms with Crippen LogP contribution in [0.4, 0.5) is 13.2 Å². The maximum atomic E-state index is 13.2. The van der Waals surface area contributed by atoms with Crippen LogP contribution in [0.2, 0.25) is 0 Å². The molecule has 0 N–H and O–H groups in total. The molecule has 0 aliphatic rings. The summed E-state index contributed by atoms with van der Waals surface area (Å²) in [5.41, 5.74) is 0.853. The Morgan fingerprint density at radius 3 is 2.59 bits per heavy atom. The minimum absolute atomic E-state index is 0.310. The molecular weight excluding hydrogens is 359 g/mol. The van der Waals surface area contributed by atoms with E-state index in [1.165, 1.54) is 24.4 Å². The summed E-state index contributed by atoms with van der Waals surface area (Å²) in [6.45, 7) is 0. The highest BCUT2D eigenvalue weighted by molar-refractivity contribution is 9.10. The Balaban J connectivity index is 2.11. The smallest absolute Gasteiger partial charge is 0.280 e. The fraction of sp³-hybridized carbons (Fsp3) is 0.0667. The first-order chi connectivity index (χ1) is 10.6. The molecule has 0 bridgehead atoms. The number of rotatable bonds is 3. The van der Waals surface area contributed by atoms with Crippen LogP contribution in [0, 0.1) is 5.82 Å². The lowest BCUT2D eigenvalue weighted by Gasteiger charge is -2.10. The zero-order valence-electron chi connectivity index (χ0n) is 11.0. The van der Waals surface area contributed by atoms with Gasteiger partial charge in [-0.2, -0.15) is 0 Å². The monoisotopic (exact) mass is 367 g/mol. The van der Waals surface area contributed by atoms with Crippen molar-refractivity contribution in [2.75, 3.05) is 0 Å². The Morgan fingerprint density at radius 2 is 1.86 bits per heavy atom. The van der Waals surface area contributed by atoms with Crippen LogP contribution in [-0.2, 0) is 0 Å². The number of benzene rings is 1. The van der Waals surface area contributed by atoms with Gasteiger partial charge in [-0.1, -0.05) is 0 Å².